The highest BCUT2D eigenvalue weighted by atomic mass is 35.5. The van der Waals surface area contributed by atoms with E-state index in [1.807, 2.05) is 13.1 Å². The van der Waals surface area contributed by atoms with Crippen LogP contribution < -0.4 is 0 Å². The molecule has 0 aliphatic carbocycles. The third-order valence-electron chi connectivity index (χ3n) is 2.81. The van der Waals surface area contributed by atoms with Crippen LogP contribution in [-0.2, 0) is 0 Å². The minimum Gasteiger partial charge on any atom is -0.305 e. The van der Waals surface area contributed by atoms with E-state index in [1.54, 1.807) is 12.1 Å². The molecule has 0 aliphatic heterocycles. The first-order valence-electron chi connectivity index (χ1n) is 6.11. The Morgan fingerprint density at radius 3 is 2.83 bits per heavy atom. The molecule has 100 valence electrons. The van der Waals surface area contributed by atoms with Crippen LogP contribution in [0.25, 0.3) is 0 Å². The number of benzene rings is 1. The molecule has 0 spiro atoms. The second kappa shape index (κ2) is 7.34. The van der Waals surface area contributed by atoms with Gasteiger partial charge in [-0.15, -0.1) is 11.6 Å². The van der Waals surface area contributed by atoms with Crippen LogP contribution in [0.2, 0.25) is 0 Å². The van der Waals surface area contributed by atoms with Crippen molar-refractivity contribution >= 4 is 17.3 Å². The molecule has 0 amide bonds. The van der Waals surface area contributed by atoms with Crippen molar-refractivity contribution < 1.29 is 4.92 Å². The Labute approximate surface area is 113 Å². The van der Waals surface area contributed by atoms with Crippen molar-refractivity contribution in [2.45, 2.75) is 25.1 Å². The molecule has 0 aliphatic rings. The average molecular weight is 271 g/mol. The van der Waals surface area contributed by atoms with Gasteiger partial charge in [0.15, 0.2) is 0 Å². The Bertz CT molecular complexity index is 398. The molecule has 0 saturated carbocycles. The number of likely N-dealkylation sites (N-methyl/N-ethyl adjacent to an activating group) is 1. The quantitative estimate of drug-likeness (QED) is 0.432. The number of nitrogens with zero attached hydrogens (tertiary/aromatic N) is 2. The highest BCUT2D eigenvalue weighted by Gasteiger charge is 2.14. The molecule has 0 radical (unpaired) electrons. The highest BCUT2D eigenvalue weighted by molar-refractivity contribution is 6.21. The summed E-state index contributed by atoms with van der Waals surface area (Å²) in [6.07, 6.45) is 2.28. The van der Waals surface area contributed by atoms with E-state index in [2.05, 4.69) is 11.8 Å². The summed E-state index contributed by atoms with van der Waals surface area (Å²) in [6, 6.07) is 6.53. The van der Waals surface area contributed by atoms with Crippen molar-refractivity contribution in [3.8, 4) is 0 Å². The summed E-state index contributed by atoms with van der Waals surface area (Å²) >= 11 is 6.29. The Morgan fingerprint density at radius 2 is 2.22 bits per heavy atom. The molecule has 1 aromatic carbocycles. The van der Waals surface area contributed by atoms with Crippen LogP contribution in [-0.4, -0.2) is 30.0 Å². The van der Waals surface area contributed by atoms with Gasteiger partial charge in [0.1, 0.15) is 0 Å². The smallest absolute Gasteiger partial charge is 0.269 e. The topological polar surface area (TPSA) is 46.4 Å². The number of nitro groups is 1. The zero-order chi connectivity index (χ0) is 13.5. The Kier molecular flexibility index (Phi) is 6.09. The minimum atomic E-state index is -0.395. The largest absolute Gasteiger partial charge is 0.305 e. The van der Waals surface area contributed by atoms with Crippen LogP contribution in [0.3, 0.4) is 0 Å². The number of hydrogen-bond acceptors (Lipinski definition) is 3. The maximum absolute atomic E-state index is 10.7. The first-order chi connectivity index (χ1) is 8.54. The van der Waals surface area contributed by atoms with Gasteiger partial charge in [-0.1, -0.05) is 25.5 Å². The zero-order valence-corrected chi connectivity index (χ0v) is 11.6. The van der Waals surface area contributed by atoms with E-state index >= 15 is 0 Å². The standard InChI is InChI=1S/C13H19ClN2O2/c1-3-4-8-15(2)10-13(14)11-6-5-7-12(9-11)16(17)18/h5-7,9,13H,3-4,8,10H2,1-2H3. The second-order valence-electron chi connectivity index (χ2n) is 4.44. The molecular weight excluding hydrogens is 252 g/mol. The highest BCUT2D eigenvalue weighted by Crippen LogP contribution is 2.24. The van der Waals surface area contributed by atoms with Gasteiger partial charge >= 0.3 is 0 Å². The lowest BCUT2D eigenvalue weighted by Crippen LogP contribution is -2.23. The molecule has 1 aromatic rings. The molecule has 4 nitrogen and oxygen atoms in total. The van der Waals surface area contributed by atoms with Gasteiger partial charge in [-0.3, -0.25) is 10.1 Å². The van der Waals surface area contributed by atoms with E-state index in [9.17, 15) is 10.1 Å². The van der Waals surface area contributed by atoms with Crippen molar-refractivity contribution in [1.29, 1.82) is 0 Å². The summed E-state index contributed by atoms with van der Waals surface area (Å²) in [5.74, 6) is 0. The van der Waals surface area contributed by atoms with E-state index in [0.717, 1.165) is 24.9 Å². The van der Waals surface area contributed by atoms with Crippen molar-refractivity contribution in [3.05, 3.63) is 39.9 Å². The number of rotatable bonds is 7. The third-order valence-corrected chi connectivity index (χ3v) is 3.20. The Balaban J connectivity index is 2.63. The number of unbranched alkanes of at least 4 members (excludes halogenated alkanes) is 1. The van der Waals surface area contributed by atoms with Crippen LogP contribution in [0.15, 0.2) is 24.3 Å². The van der Waals surface area contributed by atoms with Gasteiger partial charge in [-0.05, 0) is 25.6 Å². The van der Waals surface area contributed by atoms with Crippen LogP contribution in [0.4, 0.5) is 5.69 Å². The number of non-ortho nitro benzene ring substituents is 1. The van der Waals surface area contributed by atoms with Crippen LogP contribution in [0.5, 0.6) is 0 Å². The van der Waals surface area contributed by atoms with Crippen molar-refractivity contribution in [3.63, 3.8) is 0 Å². The maximum atomic E-state index is 10.7. The number of hydrogen-bond donors (Lipinski definition) is 0. The van der Waals surface area contributed by atoms with Crippen molar-refractivity contribution in [2.75, 3.05) is 20.1 Å². The predicted octanol–water partition coefficient (Wildman–Crippen LogP) is 3.61. The van der Waals surface area contributed by atoms with Crippen molar-refractivity contribution in [2.24, 2.45) is 0 Å². The monoisotopic (exact) mass is 270 g/mol. The lowest BCUT2D eigenvalue weighted by molar-refractivity contribution is -0.384. The molecular formula is C13H19ClN2O2. The fourth-order valence-corrected chi connectivity index (χ4v) is 2.10. The minimum absolute atomic E-state index is 0.0920. The molecule has 0 N–H and O–H groups in total. The number of halogens is 1. The molecule has 5 heteroatoms. The number of nitro benzene ring substituents is 1. The number of alkyl halides is 1. The van der Waals surface area contributed by atoms with Gasteiger partial charge in [-0.2, -0.15) is 0 Å². The molecule has 0 aromatic heterocycles. The van der Waals surface area contributed by atoms with Gasteiger partial charge in [0.25, 0.3) is 5.69 Å². The fraction of sp³-hybridized carbons (Fsp3) is 0.538. The molecule has 18 heavy (non-hydrogen) atoms. The summed E-state index contributed by atoms with van der Waals surface area (Å²) in [6.45, 7) is 3.84. The molecule has 0 heterocycles. The van der Waals surface area contributed by atoms with Crippen molar-refractivity contribution in [1.82, 2.24) is 4.90 Å². The van der Waals surface area contributed by atoms with Gasteiger partial charge in [0.2, 0.25) is 0 Å². The molecule has 0 bridgehead atoms. The van der Waals surface area contributed by atoms with E-state index in [1.165, 1.54) is 6.07 Å². The summed E-state index contributed by atoms with van der Waals surface area (Å²) in [4.78, 5) is 12.4. The summed E-state index contributed by atoms with van der Waals surface area (Å²) in [7, 11) is 2.02. The summed E-state index contributed by atoms with van der Waals surface area (Å²) in [5.41, 5.74) is 0.892. The predicted molar refractivity (Wildman–Crippen MR) is 74.1 cm³/mol. The maximum Gasteiger partial charge on any atom is 0.269 e. The third kappa shape index (κ3) is 4.63. The molecule has 0 saturated heterocycles. The average Bonchev–Trinajstić information content (AvgIpc) is 2.36. The molecule has 1 rings (SSSR count). The van der Waals surface area contributed by atoms with E-state index in [0.29, 0.717) is 6.54 Å². The Hall–Kier alpha value is -1.13. The van der Waals surface area contributed by atoms with Crippen LogP contribution in [0, 0.1) is 10.1 Å². The zero-order valence-electron chi connectivity index (χ0n) is 10.8. The van der Waals surface area contributed by atoms with E-state index < -0.39 is 4.92 Å². The lowest BCUT2D eigenvalue weighted by Gasteiger charge is -2.19. The first kappa shape index (κ1) is 14.9. The molecule has 0 fully saturated rings. The fourth-order valence-electron chi connectivity index (χ4n) is 1.73. The normalized spacial score (nSPS) is 12.7. The molecule has 1 atom stereocenters. The van der Waals surface area contributed by atoms with E-state index in [-0.39, 0.29) is 11.1 Å². The lowest BCUT2D eigenvalue weighted by atomic mass is 10.1. The van der Waals surface area contributed by atoms with Gasteiger partial charge < -0.3 is 4.90 Å². The summed E-state index contributed by atoms with van der Waals surface area (Å²) < 4.78 is 0. The SMILES string of the molecule is CCCCN(C)CC(Cl)c1cccc([N+](=O)[O-])c1. The summed E-state index contributed by atoms with van der Waals surface area (Å²) in [5, 5.41) is 10.5. The Morgan fingerprint density at radius 1 is 1.50 bits per heavy atom. The second-order valence-corrected chi connectivity index (χ2v) is 4.96. The van der Waals surface area contributed by atoms with Gasteiger partial charge in [0, 0.05) is 18.7 Å². The van der Waals surface area contributed by atoms with Gasteiger partial charge in [0.05, 0.1) is 10.3 Å². The van der Waals surface area contributed by atoms with E-state index in [4.69, 9.17) is 11.6 Å². The molecule has 1 unspecified atom stereocenters. The van der Waals surface area contributed by atoms with Gasteiger partial charge in [-0.25, -0.2) is 0 Å². The van der Waals surface area contributed by atoms with Crippen LogP contribution >= 0.6 is 11.6 Å². The first-order valence-corrected chi connectivity index (χ1v) is 6.55. The van der Waals surface area contributed by atoms with Crippen LogP contribution in [0.1, 0.15) is 30.7 Å².